The fraction of sp³-hybridized carbons (Fsp3) is 0.588. The highest BCUT2D eigenvalue weighted by Crippen LogP contribution is 2.30. The lowest BCUT2D eigenvalue weighted by molar-refractivity contribution is 0.0941. The molecule has 1 N–H and O–H groups in total. The van der Waals surface area contributed by atoms with Crippen molar-refractivity contribution in [2.24, 2.45) is 11.8 Å². The molecule has 1 aliphatic carbocycles. The van der Waals surface area contributed by atoms with Gasteiger partial charge in [-0.25, -0.2) is 0 Å². The molecule has 110 valence electrons. The maximum absolute atomic E-state index is 12.1. The highest BCUT2D eigenvalue weighted by molar-refractivity contribution is 6.17. The third-order valence-electron chi connectivity index (χ3n) is 4.44. The highest BCUT2D eigenvalue weighted by atomic mass is 35.5. The Balaban J connectivity index is 1.80. The predicted molar refractivity (Wildman–Crippen MR) is 84.1 cm³/mol. The standard InChI is InChI=1S/C17H24ClNO/c1-2-13-6-8-14(9-7-13)12-19-17(20)16-5-3-4-15(10-16)11-18/h3-5,10,13-14H,2,6-9,11-12H2,1H3,(H,19,20). The largest absolute Gasteiger partial charge is 0.352 e. The molecule has 0 atom stereocenters. The van der Waals surface area contributed by atoms with E-state index in [1.165, 1.54) is 32.1 Å². The molecule has 0 heterocycles. The zero-order valence-electron chi connectivity index (χ0n) is 12.2. The van der Waals surface area contributed by atoms with Crippen molar-refractivity contribution in [2.75, 3.05) is 6.54 Å². The van der Waals surface area contributed by atoms with Crippen molar-refractivity contribution in [2.45, 2.75) is 44.9 Å². The quantitative estimate of drug-likeness (QED) is 0.802. The monoisotopic (exact) mass is 293 g/mol. The van der Waals surface area contributed by atoms with E-state index in [0.29, 0.717) is 17.4 Å². The summed E-state index contributed by atoms with van der Waals surface area (Å²) in [5, 5.41) is 3.07. The van der Waals surface area contributed by atoms with E-state index in [2.05, 4.69) is 12.2 Å². The second-order valence-corrected chi connectivity index (χ2v) is 6.11. The molecule has 20 heavy (non-hydrogen) atoms. The summed E-state index contributed by atoms with van der Waals surface area (Å²) in [5.74, 6) is 2.03. The SMILES string of the molecule is CCC1CCC(CNC(=O)c2cccc(CCl)c2)CC1. The number of halogens is 1. The van der Waals surface area contributed by atoms with Gasteiger partial charge in [-0.3, -0.25) is 4.79 Å². The van der Waals surface area contributed by atoms with E-state index in [4.69, 9.17) is 11.6 Å². The fourth-order valence-electron chi connectivity index (χ4n) is 2.98. The van der Waals surface area contributed by atoms with E-state index in [9.17, 15) is 4.79 Å². The molecule has 1 saturated carbocycles. The molecule has 1 aromatic rings. The van der Waals surface area contributed by atoms with E-state index in [1.54, 1.807) is 0 Å². The Bertz CT molecular complexity index is 438. The molecule has 0 aliphatic heterocycles. The minimum absolute atomic E-state index is 0.0228. The normalized spacial score (nSPS) is 22.5. The summed E-state index contributed by atoms with van der Waals surface area (Å²) >= 11 is 5.80. The van der Waals surface area contributed by atoms with Crippen LogP contribution in [0.2, 0.25) is 0 Å². The van der Waals surface area contributed by atoms with Gasteiger partial charge < -0.3 is 5.32 Å². The predicted octanol–water partition coefficient (Wildman–Crippen LogP) is 4.37. The highest BCUT2D eigenvalue weighted by Gasteiger charge is 2.20. The molecule has 0 aromatic heterocycles. The van der Waals surface area contributed by atoms with Crippen molar-refractivity contribution >= 4 is 17.5 Å². The van der Waals surface area contributed by atoms with Crippen LogP contribution < -0.4 is 5.32 Å². The van der Waals surface area contributed by atoms with Crippen LogP contribution in [-0.4, -0.2) is 12.5 Å². The fourth-order valence-corrected chi connectivity index (χ4v) is 3.14. The molecule has 1 aliphatic rings. The number of rotatable bonds is 5. The van der Waals surface area contributed by atoms with Crippen LogP contribution >= 0.6 is 11.6 Å². The van der Waals surface area contributed by atoms with Crippen LogP contribution in [0.4, 0.5) is 0 Å². The van der Waals surface area contributed by atoms with Crippen LogP contribution in [0.15, 0.2) is 24.3 Å². The summed E-state index contributed by atoms with van der Waals surface area (Å²) in [6.07, 6.45) is 6.43. The summed E-state index contributed by atoms with van der Waals surface area (Å²) < 4.78 is 0. The maximum Gasteiger partial charge on any atom is 0.251 e. The Kier molecular flexibility index (Phi) is 5.90. The zero-order valence-corrected chi connectivity index (χ0v) is 13.0. The summed E-state index contributed by atoms with van der Waals surface area (Å²) in [7, 11) is 0. The number of carbonyl (C=O) groups is 1. The Morgan fingerprint density at radius 3 is 2.60 bits per heavy atom. The van der Waals surface area contributed by atoms with E-state index in [1.807, 2.05) is 24.3 Å². The van der Waals surface area contributed by atoms with Gasteiger partial charge in [0.15, 0.2) is 0 Å². The lowest BCUT2D eigenvalue weighted by Gasteiger charge is -2.27. The smallest absolute Gasteiger partial charge is 0.251 e. The Hall–Kier alpha value is -1.02. The second kappa shape index (κ2) is 7.68. The van der Waals surface area contributed by atoms with Crippen LogP contribution in [-0.2, 0) is 5.88 Å². The molecule has 0 spiro atoms. The van der Waals surface area contributed by atoms with Crippen molar-refractivity contribution in [3.63, 3.8) is 0 Å². The van der Waals surface area contributed by atoms with Crippen molar-refractivity contribution in [3.05, 3.63) is 35.4 Å². The third-order valence-corrected chi connectivity index (χ3v) is 4.75. The van der Waals surface area contributed by atoms with Gasteiger partial charge in [-0.1, -0.05) is 38.3 Å². The number of alkyl halides is 1. The number of hydrogen-bond donors (Lipinski definition) is 1. The Morgan fingerprint density at radius 2 is 1.95 bits per heavy atom. The summed E-state index contributed by atoms with van der Waals surface area (Å²) in [6.45, 7) is 3.08. The van der Waals surface area contributed by atoms with Gasteiger partial charge in [0, 0.05) is 18.0 Å². The van der Waals surface area contributed by atoms with Gasteiger partial charge in [-0.05, 0) is 42.4 Å². The second-order valence-electron chi connectivity index (χ2n) is 5.84. The first-order chi connectivity index (χ1) is 9.72. The van der Waals surface area contributed by atoms with E-state index >= 15 is 0 Å². The van der Waals surface area contributed by atoms with Crippen LogP contribution in [0.25, 0.3) is 0 Å². The topological polar surface area (TPSA) is 29.1 Å². The van der Waals surface area contributed by atoms with Gasteiger partial charge in [-0.15, -0.1) is 11.6 Å². The first kappa shape index (κ1) is 15.4. The number of benzene rings is 1. The van der Waals surface area contributed by atoms with E-state index in [-0.39, 0.29) is 5.91 Å². The van der Waals surface area contributed by atoms with Gasteiger partial charge >= 0.3 is 0 Å². The average molecular weight is 294 g/mol. The number of carbonyl (C=O) groups excluding carboxylic acids is 1. The molecule has 0 unspecified atom stereocenters. The lowest BCUT2D eigenvalue weighted by Crippen LogP contribution is -2.31. The molecule has 1 aromatic carbocycles. The Labute approximate surface area is 126 Å². The minimum atomic E-state index is 0.0228. The van der Waals surface area contributed by atoms with Gasteiger partial charge in [0.2, 0.25) is 0 Å². The summed E-state index contributed by atoms with van der Waals surface area (Å²) in [5.41, 5.74) is 1.70. The van der Waals surface area contributed by atoms with Crippen LogP contribution in [0.5, 0.6) is 0 Å². The van der Waals surface area contributed by atoms with Gasteiger partial charge in [0.1, 0.15) is 0 Å². The van der Waals surface area contributed by atoms with E-state index in [0.717, 1.165) is 18.0 Å². The van der Waals surface area contributed by atoms with Crippen molar-refractivity contribution < 1.29 is 4.79 Å². The van der Waals surface area contributed by atoms with Crippen LogP contribution in [0.3, 0.4) is 0 Å². The molecule has 0 bridgehead atoms. The zero-order chi connectivity index (χ0) is 14.4. The maximum atomic E-state index is 12.1. The first-order valence-corrected chi connectivity index (χ1v) is 8.19. The minimum Gasteiger partial charge on any atom is -0.352 e. The number of hydrogen-bond acceptors (Lipinski definition) is 1. The first-order valence-electron chi connectivity index (χ1n) is 7.66. The van der Waals surface area contributed by atoms with Crippen molar-refractivity contribution in [3.8, 4) is 0 Å². The molecule has 1 amide bonds. The lowest BCUT2D eigenvalue weighted by atomic mass is 9.81. The molecular weight excluding hydrogens is 270 g/mol. The molecular formula is C17H24ClNO. The number of amides is 1. The molecule has 3 heteroatoms. The summed E-state index contributed by atoms with van der Waals surface area (Å²) in [4.78, 5) is 12.1. The molecule has 2 rings (SSSR count). The Morgan fingerprint density at radius 1 is 1.25 bits per heavy atom. The van der Waals surface area contributed by atoms with Gasteiger partial charge in [0.25, 0.3) is 5.91 Å². The number of nitrogens with one attached hydrogen (secondary N) is 1. The molecule has 0 saturated heterocycles. The molecule has 2 nitrogen and oxygen atoms in total. The molecule has 0 radical (unpaired) electrons. The van der Waals surface area contributed by atoms with Crippen molar-refractivity contribution in [1.29, 1.82) is 0 Å². The van der Waals surface area contributed by atoms with Crippen LogP contribution in [0, 0.1) is 11.8 Å². The van der Waals surface area contributed by atoms with E-state index < -0.39 is 0 Å². The van der Waals surface area contributed by atoms with Gasteiger partial charge in [-0.2, -0.15) is 0 Å². The van der Waals surface area contributed by atoms with Crippen molar-refractivity contribution in [1.82, 2.24) is 5.32 Å². The third kappa shape index (κ3) is 4.24. The molecule has 1 fully saturated rings. The van der Waals surface area contributed by atoms with Gasteiger partial charge in [0.05, 0.1) is 0 Å². The summed E-state index contributed by atoms with van der Waals surface area (Å²) in [6, 6.07) is 7.55. The van der Waals surface area contributed by atoms with Crippen LogP contribution in [0.1, 0.15) is 54.9 Å². The average Bonchev–Trinajstić information content (AvgIpc) is 2.53.